The van der Waals surface area contributed by atoms with Gasteiger partial charge in [0.1, 0.15) is 0 Å². The van der Waals surface area contributed by atoms with Crippen LogP contribution in [0.5, 0.6) is 0 Å². The molecule has 2 unspecified atom stereocenters. The molecule has 0 rings (SSSR count). The Labute approximate surface area is 110 Å². The van der Waals surface area contributed by atoms with Crippen LogP contribution < -0.4 is 0 Å². The fourth-order valence-corrected chi connectivity index (χ4v) is 3.30. The summed E-state index contributed by atoms with van der Waals surface area (Å²) in [5.74, 6) is 0. The second kappa shape index (κ2) is 6.16. The van der Waals surface area contributed by atoms with Crippen LogP contribution in [0.25, 0.3) is 0 Å². The van der Waals surface area contributed by atoms with Gasteiger partial charge in [-0.1, -0.05) is 70.5 Å². The monoisotopic (exact) mass is 344 g/mol. The van der Waals surface area contributed by atoms with E-state index in [-0.39, 0.29) is 11.0 Å². The van der Waals surface area contributed by atoms with Crippen LogP contribution in [0.15, 0.2) is 0 Å². The lowest BCUT2D eigenvalue weighted by atomic mass is 9.99. The summed E-state index contributed by atoms with van der Waals surface area (Å²) in [7, 11) is 0. The Hall–Kier alpha value is 1.12. The van der Waals surface area contributed by atoms with E-state index in [4.69, 9.17) is 4.74 Å². The second-order valence-electron chi connectivity index (χ2n) is 6.41. The molecule has 0 aliphatic heterocycles. The summed E-state index contributed by atoms with van der Waals surface area (Å²) >= 11 is 2.62. The Morgan fingerprint density at radius 2 is 1.60 bits per heavy atom. The van der Waals surface area contributed by atoms with E-state index in [0.717, 1.165) is 13.2 Å². The van der Waals surface area contributed by atoms with Crippen LogP contribution in [0.3, 0.4) is 0 Å². The molecule has 2 atom stereocenters. The van der Waals surface area contributed by atoms with Gasteiger partial charge in [-0.2, -0.15) is 0 Å². The number of rotatable bonds is 4. The first kappa shape index (κ1) is 16.1. The maximum atomic E-state index is 5.79. The lowest BCUT2D eigenvalue weighted by molar-refractivity contribution is 0.0733. The van der Waals surface area contributed by atoms with Crippen molar-refractivity contribution in [3.63, 3.8) is 0 Å². The molecule has 0 heterocycles. The van der Waals surface area contributed by atoms with E-state index in [1.54, 1.807) is 0 Å². The quantitative estimate of drug-likeness (QED) is 0.511. The molecule has 0 N–H and O–H groups in total. The maximum Gasteiger partial charge on any atom is 0.0538 e. The molecule has 0 saturated carbocycles. The Morgan fingerprint density at radius 1 is 1.13 bits per heavy atom. The molecule has 0 aromatic heterocycles. The molecule has 0 saturated heterocycles. The summed E-state index contributed by atoms with van der Waals surface area (Å²) in [5.41, 5.74) is 0.985. The third-order valence-electron chi connectivity index (χ3n) is 1.92. The molecule has 3 heteroatoms. The highest BCUT2D eigenvalue weighted by atomic mass is 127. The van der Waals surface area contributed by atoms with Crippen molar-refractivity contribution >= 4 is 27.6 Å². The predicted molar refractivity (Wildman–Crippen MR) is 80.4 cm³/mol. The minimum absolute atomic E-state index is 0.0147. The Bertz CT molecular complexity index is 181. The average molecular weight is 344 g/mol. The lowest BCUT2D eigenvalue weighted by Gasteiger charge is -2.31. The van der Waals surface area contributed by atoms with Crippen LogP contribution in [-0.4, -0.2) is 24.0 Å². The van der Waals surface area contributed by atoms with Gasteiger partial charge in [-0.3, -0.25) is 0 Å². The van der Waals surface area contributed by atoms with Crippen LogP contribution in [0.4, 0.5) is 0 Å². The van der Waals surface area contributed by atoms with Crippen LogP contribution in [0.2, 0.25) is 0 Å². The van der Waals surface area contributed by atoms with Gasteiger partial charge in [0.15, 0.2) is 0 Å². The van der Waals surface area contributed by atoms with Crippen molar-refractivity contribution in [2.75, 3.05) is 13.2 Å². The minimum atomic E-state index is 0.0147. The highest BCUT2D eigenvalue weighted by molar-refractivity contribution is 14.2. The van der Waals surface area contributed by atoms with Crippen LogP contribution in [0, 0.1) is 5.41 Å². The molecule has 1 nitrogen and oxygen atoms in total. The summed E-state index contributed by atoms with van der Waals surface area (Å²) in [6.07, 6.45) is 0. The molecule has 15 heavy (non-hydrogen) atoms. The molecular formula is C12H26IOP. The van der Waals surface area contributed by atoms with E-state index < -0.39 is 0 Å². The highest BCUT2D eigenvalue weighted by Gasteiger charge is 2.27. The summed E-state index contributed by atoms with van der Waals surface area (Å²) in [6, 6.07) is 0. The maximum absolute atomic E-state index is 5.79. The molecule has 0 amide bonds. The van der Waals surface area contributed by atoms with E-state index >= 15 is 0 Å². The molecule has 0 aromatic carbocycles. The van der Waals surface area contributed by atoms with Gasteiger partial charge in [0.2, 0.25) is 0 Å². The fraction of sp³-hybridized carbons (Fsp3) is 1.00. The zero-order valence-electron chi connectivity index (χ0n) is 11.2. The van der Waals surface area contributed by atoms with E-state index in [9.17, 15) is 0 Å². The normalized spacial score (nSPS) is 17.6. The van der Waals surface area contributed by atoms with Crippen molar-refractivity contribution in [3.05, 3.63) is 0 Å². The number of ether oxygens (including phenoxy) is 1. The van der Waals surface area contributed by atoms with Crippen molar-refractivity contribution in [3.8, 4) is 0 Å². The van der Waals surface area contributed by atoms with E-state index in [1.165, 1.54) is 0 Å². The predicted octanol–water partition coefficient (Wildman–Crippen LogP) is 5.07. The van der Waals surface area contributed by atoms with Crippen molar-refractivity contribution in [2.45, 2.75) is 59.3 Å². The molecule has 0 aromatic rings. The summed E-state index contributed by atoms with van der Waals surface area (Å²) in [6.45, 7) is 17.7. The first-order valence-electron chi connectivity index (χ1n) is 5.57. The van der Waals surface area contributed by atoms with Crippen molar-refractivity contribution < 1.29 is 4.74 Å². The van der Waals surface area contributed by atoms with Gasteiger partial charge in [0, 0.05) is 5.66 Å². The molecule has 0 aliphatic rings. The summed E-state index contributed by atoms with van der Waals surface area (Å²) < 4.78 is 5.79. The first-order chi connectivity index (χ1) is 6.54. The SMILES string of the molecule is CC(COCC(C)(C)C)P(I)C(C)(C)C. The Morgan fingerprint density at radius 3 is 1.93 bits per heavy atom. The van der Waals surface area contributed by atoms with Crippen LogP contribution in [0.1, 0.15) is 48.5 Å². The Balaban J connectivity index is 3.90. The van der Waals surface area contributed by atoms with Gasteiger partial charge in [-0.25, -0.2) is 0 Å². The molecular weight excluding hydrogens is 318 g/mol. The molecule has 92 valence electrons. The van der Waals surface area contributed by atoms with E-state index in [1.807, 2.05) is 0 Å². The average Bonchev–Trinajstić information content (AvgIpc) is 1.98. The topological polar surface area (TPSA) is 9.23 Å². The van der Waals surface area contributed by atoms with Crippen molar-refractivity contribution in [1.29, 1.82) is 0 Å². The fourth-order valence-electron chi connectivity index (χ4n) is 1.26. The number of hydrogen-bond acceptors (Lipinski definition) is 1. The molecule has 0 fully saturated rings. The summed E-state index contributed by atoms with van der Waals surface area (Å²) in [4.78, 5) is 0. The zero-order chi connectivity index (χ0) is 12.3. The first-order valence-corrected chi connectivity index (χ1v) is 9.76. The number of hydrogen-bond donors (Lipinski definition) is 0. The van der Waals surface area contributed by atoms with Gasteiger partial charge >= 0.3 is 0 Å². The Kier molecular flexibility index (Phi) is 6.62. The van der Waals surface area contributed by atoms with Crippen LogP contribution >= 0.6 is 27.6 Å². The second-order valence-corrected chi connectivity index (χ2v) is 12.4. The van der Waals surface area contributed by atoms with Gasteiger partial charge < -0.3 is 4.74 Å². The largest absolute Gasteiger partial charge is 0.380 e. The van der Waals surface area contributed by atoms with Gasteiger partial charge in [-0.15, -0.1) is 0 Å². The lowest BCUT2D eigenvalue weighted by Crippen LogP contribution is -2.22. The molecule has 0 aliphatic carbocycles. The van der Waals surface area contributed by atoms with E-state index in [2.05, 4.69) is 70.5 Å². The third-order valence-corrected chi connectivity index (χ3v) is 11.3. The third kappa shape index (κ3) is 7.93. The molecule has 0 spiro atoms. The van der Waals surface area contributed by atoms with Gasteiger partial charge in [0.05, 0.1) is 13.2 Å². The van der Waals surface area contributed by atoms with Crippen molar-refractivity contribution in [2.24, 2.45) is 5.41 Å². The van der Waals surface area contributed by atoms with Crippen LogP contribution in [-0.2, 0) is 4.74 Å². The standard InChI is InChI=1S/C12H26IOP/c1-10(15(13)12(5,6)7)8-14-9-11(2,3)4/h10H,8-9H2,1-7H3. The van der Waals surface area contributed by atoms with Crippen molar-refractivity contribution in [1.82, 2.24) is 0 Å². The zero-order valence-corrected chi connectivity index (χ0v) is 14.3. The van der Waals surface area contributed by atoms with Gasteiger partial charge in [-0.05, 0) is 16.1 Å². The minimum Gasteiger partial charge on any atom is -0.380 e. The highest BCUT2D eigenvalue weighted by Crippen LogP contribution is 2.60. The summed E-state index contributed by atoms with van der Waals surface area (Å²) in [5, 5.41) is 0.431. The molecule has 0 radical (unpaired) electrons. The van der Waals surface area contributed by atoms with E-state index in [0.29, 0.717) is 10.8 Å². The number of halogens is 1. The smallest absolute Gasteiger partial charge is 0.0538 e. The van der Waals surface area contributed by atoms with Gasteiger partial charge in [0.25, 0.3) is 0 Å². The molecule has 0 bridgehead atoms.